The van der Waals surface area contributed by atoms with Crippen molar-refractivity contribution in [3.05, 3.63) is 0 Å². The molecular weight excluding hydrogens is 104 g/mol. The van der Waals surface area contributed by atoms with Crippen LogP contribution in [0.1, 0.15) is 8.35 Å². The van der Waals surface area contributed by atoms with Crippen molar-refractivity contribution < 1.29 is 6.22 Å². The van der Waals surface area contributed by atoms with Gasteiger partial charge in [-0.1, -0.05) is 6.92 Å². The number of hydrogen-bond donors (Lipinski definition) is 2. The molecular formula is C5H12N2O. The second kappa shape index (κ2) is 2.13. The van der Waals surface area contributed by atoms with Crippen LogP contribution in [0.2, 0.25) is 0 Å². The fourth-order valence-corrected chi connectivity index (χ4v) is 0.705. The smallest absolute Gasteiger partial charge is 0.225 e. The summed E-state index contributed by atoms with van der Waals surface area (Å²) in [6, 6.07) is 0. The lowest BCUT2D eigenvalue weighted by Crippen LogP contribution is -2.47. The van der Waals surface area contributed by atoms with E-state index in [0.29, 0.717) is 6.67 Å². The average molecular weight is 116 g/mol. The lowest BCUT2D eigenvalue weighted by Gasteiger charge is -2.18. The van der Waals surface area contributed by atoms with E-state index in [9.17, 15) is 4.79 Å². The molecule has 1 aliphatic rings. The molecule has 0 aromatic heterocycles. The van der Waals surface area contributed by atoms with E-state index in [1.165, 1.54) is 0 Å². The van der Waals surface area contributed by atoms with Gasteiger partial charge in [0.15, 0.2) is 0 Å². The van der Waals surface area contributed by atoms with Gasteiger partial charge in [0, 0.05) is 13.9 Å². The summed E-state index contributed by atoms with van der Waals surface area (Å²) in [6.07, 6.45) is 0. The fourth-order valence-electron chi connectivity index (χ4n) is 0.705. The molecule has 0 saturated carbocycles. The minimum atomic E-state index is 0. The van der Waals surface area contributed by atoms with Crippen molar-refractivity contribution in [1.82, 2.24) is 10.6 Å². The van der Waals surface area contributed by atoms with Gasteiger partial charge >= 0.3 is 0 Å². The van der Waals surface area contributed by atoms with E-state index in [1.54, 1.807) is 0 Å². The quantitative estimate of drug-likeness (QED) is 0.450. The van der Waals surface area contributed by atoms with Gasteiger partial charge in [-0.05, 0) is 0 Å². The lowest BCUT2D eigenvalue weighted by molar-refractivity contribution is -0.125. The third-order valence-electron chi connectivity index (χ3n) is 1.29. The molecule has 0 bridgehead atoms. The molecule has 1 saturated heterocycles. The molecule has 3 nitrogen and oxygen atoms in total. The zero-order chi connectivity index (χ0) is 5.98. The summed E-state index contributed by atoms with van der Waals surface area (Å²) in [5.74, 6) is 0.299. The zero-order valence-electron chi connectivity index (χ0n) is 4.90. The van der Waals surface area contributed by atoms with E-state index in [2.05, 4.69) is 10.6 Å². The fraction of sp³-hybridized carbons (Fsp3) is 0.800. The Morgan fingerprint density at radius 3 is 3.00 bits per heavy atom. The first-order valence-electron chi connectivity index (χ1n) is 2.79. The molecule has 0 aromatic carbocycles. The van der Waals surface area contributed by atoms with Crippen LogP contribution in [-0.2, 0) is 4.79 Å². The minimum absolute atomic E-state index is 0. The summed E-state index contributed by atoms with van der Waals surface area (Å²) in [7, 11) is 0. The van der Waals surface area contributed by atoms with E-state index < -0.39 is 0 Å². The number of carbonyl (C=O) groups is 1. The van der Waals surface area contributed by atoms with Crippen LogP contribution in [0, 0.1) is 5.92 Å². The molecule has 1 heterocycles. The van der Waals surface area contributed by atoms with E-state index >= 15 is 0 Å². The van der Waals surface area contributed by atoms with Crippen LogP contribution in [0.15, 0.2) is 0 Å². The van der Waals surface area contributed by atoms with E-state index in [0.717, 1.165) is 6.54 Å². The topological polar surface area (TPSA) is 41.1 Å². The molecule has 1 aliphatic heterocycles. The SMILES string of the molecule is C[C@@H]1CNCNC1=O.[HH]. The Morgan fingerprint density at radius 2 is 2.62 bits per heavy atom. The summed E-state index contributed by atoms with van der Waals surface area (Å²) in [4.78, 5) is 10.6. The van der Waals surface area contributed by atoms with Gasteiger partial charge in [-0.3, -0.25) is 10.1 Å². The first kappa shape index (κ1) is 5.56. The average Bonchev–Trinajstić information content (AvgIpc) is 1.77. The van der Waals surface area contributed by atoms with Crippen molar-refractivity contribution in [3.8, 4) is 0 Å². The molecule has 0 radical (unpaired) electrons. The van der Waals surface area contributed by atoms with Crippen LogP contribution in [0.5, 0.6) is 0 Å². The molecule has 1 fully saturated rings. The van der Waals surface area contributed by atoms with Crippen molar-refractivity contribution in [1.29, 1.82) is 0 Å². The second-order valence-electron chi connectivity index (χ2n) is 2.07. The van der Waals surface area contributed by atoms with Gasteiger partial charge in [0.2, 0.25) is 5.91 Å². The molecule has 48 valence electrons. The normalized spacial score (nSPS) is 29.6. The summed E-state index contributed by atoms with van der Waals surface area (Å²) in [5, 5.41) is 5.71. The maximum Gasteiger partial charge on any atom is 0.225 e. The molecule has 0 unspecified atom stereocenters. The third-order valence-corrected chi connectivity index (χ3v) is 1.29. The van der Waals surface area contributed by atoms with Crippen molar-refractivity contribution >= 4 is 5.91 Å². The Hall–Kier alpha value is -0.570. The number of hydrogen-bond acceptors (Lipinski definition) is 2. The van der Waals surface area contributed by atoms with Crippen molar-refractivity contribution in [3.63, 3.8) is 0 Å². The van der Waals surface area contributed by atoms with Gasteiger partial charge in [-0.25, -0.2) is 0 Å². The molecule has 1 atom stereocenters. The lowest BCUT2D eigenvalue weighted by atomic mass is 10.1. The molecule has 3 heteroatoms. The van der Waals surface area contributed by atoms with Gasteiger partial charge in [-0.15, -0.1) is 0 Å². The number of carbonyl (C=O) groups excluding carboxylic acids is 1. The van der Waals surface area contributed by atoms with Gasteiger partial charge in [0.25, 0.3) is 0 Å². The molecule has 1 amide bonds. The number of rotatable bonds is 0. The van der Waals surface area contributed by atoms with Crippen molar-refractivity contribution in [2.24, 2.45) is 5.92 Å². The Morgan fingerprint density at radius 1 is 1.88 bits per heavy atom. The number of amides is 1. The molecule has 2 N–H and O–H groups in total. The van der Waals surface area contributed by atoms with E-state index in [4.69, 9.17) is 0 Å². The highest BCUT2D eigenvalue weighted by Gasteiger charge is 2.14. The first-order valence-corrected chi connectivity index (χ1v) is 2.79. The molecule has 0 aromatic rings. The predicted molar refractivity (Wildman–Crippen MR) is 32.3 cm³/mol. The largest absolute Gasteiger partial charge is 0.343 e. The monoisotopic (exact) mass is 116 g/mol. The third kappa shape index (κ3) is 0.980. The van der Waals surface area contributed by atoms with E-state index in [1.807, 2.05) is 6.92 Å². The Bertz CT molecular complexity index is 107. The van der Waals surface area contributed by atoms with Crippen LogP contribution < -0.4 is 10.6 Å². The van der Waals surface area contributed by atoms with E-state index in [-0.39, 0.29) is 13.3 Å². The highest BCUT2D eigenvalue weighted by molar-refractivity contribution is 5.79. The maximum absolute atomic E-state index is 10.6. The Balaban J connectivity index is 0.000000640. The van der Waals surface area contributed by atoms with Gasteiger partial charge in [0.05, 0.1) is 6.67 Å². The van der Waals surface area contributed by atoms with Gasteiger partial charge in [0.1, 0.15) is 0 Å². The molecule has 8 heavy (non-hydrogen) atoms. The van der Waals surface area contributed by atoms with Crippen LogP contribution >= 0.6 is 0 Å². The molecule has 1 rings (SSSR count). The minimum Gasteiger partial charge on any atom is -0.343 e. The standard InChI is InChI=1S/C5H10N2O.H2/c1-4-2-6-3-7-5(4)8;/h4,6H,2-3H2,1H3,(H,7,8);1H/t4-;/m1./s1. The van der Waals surface area contributed by atoms with Crippen LogP contribution in [0.3, 0.4) is 0 Å². The van der Waals surface area contributed by atoms with Crippen molar-refractivity contribution in [2.75, 3.05) is 13.2 Å². The zero-order valence-corrected chi connectivity index (χ0v) is 4.90. The highest BCUT2D eigenvalue weighted by atomic mass is 16.2. The Labute approximate surface area is 49.9 Å². The number of nitrogens with one attached hydrogen (secondary N) is 2. The van der Waals surface area contributed by atoms with Crippen LogP contribution in [0.25, 0.3) is 0 Å². The molecule has 0 spiro atoms. The van der Waals surface area contributed by atoms with Crippen molar-refractivity contribution in [2.45, 2.75) is 6.92 Å². The Kier molecular flexibility index (Phi) is 1.48. The van der Waals surface area contributed by atoms with Gasteiger partial charge in [-0.2, -0.15) is 0 Å². The predicted octanol–water partition coefficient (Wildman–Crippen LogP) is -0.455. The summed E-state index contributed by atoms with van der Waals surface area (Å²) in [6.45, 7) is 3.34. The van der Waals surface area contributed by atoms with Crippen LogP contribution in [0.4, 0.5) is 0 Å². The summed E-state index contributed by atoms with van der Waals surface area (Å²) in [5.41, 5.74) is 0. The summed E-state index contributed by atoms with van der Waals surface area (Å²) >= 11 is 0. The second-order valence-corrected chi connectivity index (χ2v) is 2.07. The highest BCUT2D eigenvalue weighted by Crippen LogP contribution is 1.93. The van der Waals surface area contributed by atoms with Gasteiger partial charge < -0.3 is 5.32 Å². The summed E-state index contributed by atoms with van der Waals surface area (Å²) < 4.78 is 0. The first-order chi connectivity index (χ1) is 3.80. The van der Waals surface area contributed by atoms with Crippen LogP contribution in [-0.4, -0.2) is 19.1 Å². The maximum atomic E-state index is 10.6. The molecule has 0 aliphatic carbocycles.